The number of esters is 1. The van der Waals surface area contributed by atoms with Crippen molar-refractivity contribution in [3.05, 3.63) is 35.9 Å². The molecule has 174 valence electrons. The summed E-state index contributed by atoms with van der Waals surface area (Å²) in [5, 5.41) is 50.8. The van der Waals surface area contributed by atoms with Crippen molar-refractivity contribution in [2.24, 2.45) is 11.3 Å². The van der Waals surface area contributed by atoms with Crippen molar-refractivity contribution in [3.8, 4) is 0 Å². The minimum absolute atomic E-state index is 0.00618. The Labute approximate surface area is 182 Å². The van der Waals surface area contributed by atoms with Crippen molar-refractivity contribution in [2.45, 2.75) is 61.7 Å². The van der Waals surface area contributed by atoms with Crippen molar-refractivity contribution < 1.29 is 54.1 Å². The number of benzene rings is 1. The molecule has 0 bridgehead atoms. The van der Waals surface area contributed by atoms with Crippen molar-refractivity contribution in [2.75, 3.05) is 6.61 Å². The molecular formula is C21H24O11. The van der Waals surface area contributed by atoms with E-state index in [4.69, 9.17) is 18.9 Å². The third-order valence-electron chi connectivity index (χ3n) is 7.22. The molecule has 11 nitrogen and oxygen atoms in total. The standard InChI is InChI=1S/C21H24O11/c22-11-6-12-20(8-29-16(26)9-4-2-1-3-5-9)10(11)7-21(20,28)19(30-12)32-18-15(25)13(23)14(24)17(27)31-18/h1-5,10,12-15,17-19,23-25,27-28H,6-8H2/t10-,12-,13-,14-,15+,17-,18-,19+,20-,21-/m0/s1. The van der Waals surface area contributed by atoms with E-state index in [-0.39, 0.29) is 25.2 Å². The van der Waals surface area contributed by atoms with Gasteiger partial charge < -0.3 is 44.5 Å². The Hall–Kier alpha value is -1.96. The van der Waals surface area contributed by atoms with Gasteiger partial charge in [-0.1, -0.05) is 18.2 Å². The molecule has 2 saturated carbocycles. The van der Waals surface area contributed by atoms with Crippen LogP contribution in [0.4, 0.5) is 0 Å². The van der Waals surface area contributed by atoms with E-state index in [9.17, 15) is 35.1 Å². The van der Waals surface area contributed by atoms with Gasteiger partial charge in [-0.15, -0.1) is 0 Å². The van der Waals surface area contributed by atoms with Crippen molar-refractivity contribution in [1.29, 1.82) is 0 Å². The van der Waals surface area contributed by atoms with E-state index in [1.807, 2.05) is 0 Å². The second kappa shape index (κ2) is 7.54. The van der Waals surface area contributed by atoms with Gasteiger partial charge in [-0.2, -0.15) is 0 Å². The Bertz CT molecular complexity index is 908. The van der Waals surface area contributed by atoms with E-state index in [1.165, 1.54) is 0 Å². The highest BCUT2D eigenvalue weighted by Crippen LogP contribution is 2.69. The number of ketones is 1. The van der Waals surface area contributed by atoms with Crippen LogP contribution in [0, 0.1) is 11.3 Å². The Morgan fingerprint density at radius 3 is 2.50 bits per heavy atom. The summed E-state index contributed by atoms with van der Waals surface area (Å²) >= 11 is 0. The van der Waals surface area contributed by atoms with Gasteiger partial charge in [0.05, 0.1) is 17.1 Å². The van der Waals surface area contributed by atoms with Crippen LogP contribution < -0.4 is 0 Å². The van der Waals surface area contributed by atoms with Gasteiger partial charge in [-0.3, -0.25) is 4.79 Å². The largest absolute Gasteiger partial charge is 0.461 e. The zero-order chi connectivity index (χ0) is 22.8. The maximum Gasteiger partial charge on any atom is 0.338 e. The van der Waals surface area contributed by atoms with Gasteiger partial charge in [0.15, 0.2) is 18.9 Å². The Balaban J connectivity index is 1.35. The molecule has 11 heteroatoms. The fourth-order valence-electron chi connectivity index (χ4n) is 5.38. The predicted molar refractivity (Wildman–Crippen MR) is 100 cm³/mol. The summed E-state index contributed by atoms with van der Waals surface area (Å²) in [4.78, 5) is 24.9. The summed E-state index contributed by atoms with van der Waals surface area (Å²) in [7, 11) is 0. The molecule has 0 radical (unpaired) electrons. The minimum atomic E-state index is -1.83. The van der Waals surface area contributed by atoms with E-state index in [0.29, 0.717) is 5.56 Å². The van der Waals surface area contributed by atoms with Crippen LogP contribution in [-0.2, 0) is 23.7 Å². The minimum Gasteiger partial charge on any atom is -0.461 e. The third-order valence-corrected chi connectivity index (χ3v) is 7.22. The molecule has 4 aliphatic rings. The normalized spacial score (nSPS) is 47.1. The number of carbonyl (C=O) groups is 2. The van der Waals surface area contributed by atoms with Crippen molar-refractivity contribution >= 4 is 11.8 Å². The molecule has 2 aliphatic heterocycles. The third kappa shape index (κ3) is 2.90. The molecule has 0 unspecified atom stereocenters. The molecule has 1 aromatic rings. The maximum atomic E-state index is 12.4. The highest BCUT2D eigenvalue weighted by atomic mass is 16.8. The number of aliphatic hydroxyl groups is 5. The molecule has 0 spiro atoms. The lowest BCUT2D eigenvalue weighted by molar-refractivity contribution is -0.381. The molecule has 4 fully saturated rings. The smallest absolute Gasteiger partial charge is 0.338 e. The van der Waals surface area contributed by atoms with E-state index < -0.39 is 66.2 Å². The molecule has 5 rings (SSSR count). The summed E-state index contributed by atoms with van der Waals surface area (Å²) in [6.07, 6.45) is -10.9. The second-order valence-corrected chi connectivity index (χ2v) is 8.79. The Morgan fingerprint density at radius 1 is 1.06 bits per heavy atom. The number of hydrogen-bond acceptors (Lipinski definition) is 11. The van der Waals surface area contributed by atoms with Crippen LogP contribution in [0.5, 0.6) is 0 Å². The molecule has 2 saturated heterocycles. The van der Waals surface area contributed by atoms with Crippen LogP contribution in [0.15, 0.2) is 30.3 Å². The van der Waals surface area contributed by atoms with Gasteiger partial charge in [0.25, 0.3) is 0 Å². The van der Waals surface area contributed by atoms with E-state index in [1.54, 1.807) is 30.3 Å². The maximum absolute atomic E-state index is 12.4. The lowest BCUT2D eigenvalue weighted by Gasteiger charge is -2.55. The van der Waals surface area contributed by atoms with Crippen LogP contribution in [0.2, 0.25) is 0 Å². The molecule has 2 aliphatic carbocycles. The first-order valence-electron chi connectivity index (χ1n) is 10.3. The average molecular weight is 452 g/mol. The van der Waals surface area contributed by atoms with E-state index in [0.717, 1.165) is 0 Å². The number of hydrogen-bond donors (Lipinski definition) is 5. The monoisotopic (exact) mass is 452 g/mol. The fourth-order valence-corrected chi connectivity index (χ4v) is 5.38. The number of carbonyl (C=O) groups excluding carboxylic acids is 2. The Morgan fingerprint density at radius 2 is 1.78 bits per heavy atom. The zero-order valence-electron chi connectivity index (χ0n) is 16.8. The van der Waals surface area contributed by atoms with Gasteiger partial charge in [-0.05, 0) is 18.6 Å². The molecular weight excluding hydrogens is 428 g/mol. The summed E-state index contributed by atoms with van der Waals surface area (Å²) in [6.45, 7) is -0.282. The van der Waals surface area contributed by atoms with E-state index in [2.05, 4.69) is 0 Å². The number of aliphatic hydroxyl groups excluding tert-OH is 4. The van der Waals surface area contributed by atoms with Crippen LogP contribution in [0.3, 0.4) is 0 Å². The molecule has 32 heavy (non-hydrogen) atoms. The summed E-state index contributed by atoms with van der Waals surface area (Å²) in [5.41, 5.74) is -2.65. The first-order chi connectivity index (χ1) is 15.2. The highest BCUT2D eigenvalue weighted by Gasteiger charge is 2.82. The van der Waals surface area contributed by atoms with Crippen molar-refractivity contribution in [1.82, 2.24) is 0 Å². The summed E-state index contributed by atoms with van der Waals surface area (Å²) in [5.74, 6) is -1.32. The quantitative estimate of drug-likeness (QED) is 0.314. The number of ether oxygens (including phenoxy) is 4. The van der Waals surface area contributed by atoms with Gasteiger partial charge >= 0.3 is 5.97 Å². The first-order valence-corrected chi connectivity index (χ1v) is 10.3. The highest BCUT2D eigenvalue weighted by molar-refractivity contribution is 5.90. The summed E-state index contributed by atoms with van der Waals surface area (Å²) in [6, 6.07) is 8.27. The predicted octanol–water partition coefficient (Wildman–Crippen LogP) is -1.95. The molecule has 1 aromatic carbocycles. The zero-order valence-corrected chi connectivity index (χ0v) is 16.8. The Kier molecular flexibility index (Phi) is 5.15. The van der Waals surface area contributed by atoms with Crippen LogP contribution >= 0.6 is 0 Å². The molecule has 0 amide bonds. The second-order valence-electron chi connectivity index (χ2n) is 8.79. The van der Waals surface area contributed by atoms with Gasteiger partial charge in [-0.25, -0.2) is 4.79 Å². The molecule has 0 aromatic heterocycles. The average Bonchev–Trinajstić information content (AvgIpc) is 3.09. The van der Waals surface area contributed by atoms with Crippen molar-refractivity contribution in [3.63, 3.8) is 0 Å². The molecule has 2 heterocycles. The fraction of sp³-hybridized carbons (Fsp3) is 0.619. The number of rotatable bonds is 5. The lowest BCUT2D eigenvalue weighted by Crippen LogP contribution is -2.69. The lowest BCUT2D eigenvalue weighted by atomic mass is 9.51. The van der Waals surface area contributed by atoms with Crippen LogP contribution in [0.1, 0.15) is 23.2 Å². The first kappa shape index (κ1) is 21.9. The molecule has 5 N–H and O–H groups in total. The SMILES string of the molecule is O=C(OC[C@@]12[C@@H]3CC(=O)[C@@H]1C[C@]2(O)[C@@H](O[C@@H]1O[C@H](O)[C@@H](O)[C@H](O)[C@H]1O)O3)c1ccccc1. The van der Waals surface area contributed by atoms with Crippen LogP contribution in [0.25, 0.3) is 0 Å². The number of Topliss-reactive ketones (excluding diaryl/α,β-unsaturated/α-hetero) is 1. The van der Waals surface area contributed by atoms with E-state index >= 15 is 0 Å². The van der Waals surface area contributed by atoms with Crippen LogP contribution in [-0.4, -0.2) is 92.8 Å². The van der Waals surface area contributed by atoms with Gasteiger partial charge in [0.2, 0.25) is 0 Å². The topological polar surface area (TPSA) is 172 Å². The van der Waals surface area contributed by atoms with Gasteiger partial charge in [0.1, 0.15) is 36.3 Å². The molecule has 10 atom stereocenters. The van der Waals surface area contributed by atoms with Gasteiger partial charge in [0, 0.05) is 12.3 Å². The summed E-state index contributed by atoms with van der Waals surface area (Å²) < 4.78 is 21.8.